The highest BCUT2D eigenvalue weighted by molar-refractivity contribution is 6.05. The number of carbonyl (C=O) groups is 1. The second kappa shape index (κ2) is 7.47. The SMILES string of the molecule is COc1cc2nn([C@H]3C[C@@H]4C[C@H]3CN4C)cc2cc1NC(=O)c1cccc(C(F)(F)F)n1. The number of rotatable bonds is 4. The second-order valence-electron chi connectivity index (χ2n) is 8.47. The van der Waals surface area contributed by atoms with Crippen molar-refractivity contribution in [3.05, 3.63) is 47.9 Å². The lowest BCUT2D eigenvalue weighted by Crippen LogP contribution is -2.33. The molecule has 1 aromatic carbocycles. The molecule has 2 aliphatic rings. The van der Waals surface area contributed by atoms with E-state index < -0.39 is 17.8 Å². The van der Waals surface area contributed by atoms with Gasteiger partial charge in [0.25, 0.3) is 5.91 Å². The highest BCUT2D eigenvalue weighted by Gasteiger charge is 2.44. The van der Waals surface area contributed by atoms with Gasteiger partial charge < -0.3 is 15.0 Å². The molecule has 0 unspecified atom stereocenters. The third kappa shape index (κ3) is 3.58. The Labute approximate surface area is 182 Å². The summed E-state index contributed by atoms with van der Waals surface area (Å²) in [4.78, 5) is 18.4. The normalized spacial score (nSPS) is 23.1. The summed E-state index contributed by atoms with van der Waals surface area (Å²) in [6.45, 7) is 1.06. The topological polar surface area (TPSA) is 72.3 Å². The zero-order chi connectivity index (χ0) is 22.6. The summed E-state index contributed by atoms with van der Waals surface area (Å²) >= 11 is 0. The molecule has 0 spiro atoms. The van der Waals surface area contributed by atoms with Gasteiger partial charge in [-0.3, -0.25) is 9.48 Å². The van der Waals surface area contributed by atoms with Crippen molar-refractivity contribution in [2.75, 3.05) is 26.0 Å². The van der Waals surface area contributed by atoms with E-state index in [1.807, 2.05) is 10.9 Å². The number of benzene rings is 1. The van der Waals surface area contributed by atoms with Crippen LogP contribution in [0.4, 0.5) is 18.9 Å². The Bertz CT molecular complexity index is 1190. The number of methoxy groups -OCH3 is 1. The lowest BCUT2D eigenvalue weighted by Gasteiger charge is -2.28. The summed E-state index contributed by atoms with van der Waals surface area (Å²) in [6.07, 6.45) is -0.447. The molecule has 1 aliphatic carbocycles. The van der Waals surface area contributed by atoms with Crippen LogP contribution < -0.4 is 10.1 Å². The zero-order valence-electron chi connectivity index (χ0n) is 17.6. The first kappa shape index (κ1) is 20.7. The van der Waals surface area contributed by atoms with Crippen molar-refractivity contribution in [1.29, 1.82) is 0 Å². The summed E-state index contributed by atoms with van der Waals surface area (Å²) in [5.41, 5.74) is -0.376. The monoisotopic (exact) mass is 445 g/mol. The Morgan fingerprint density at radius 3 is 2.72 bits per heavy atom. The molecule has 2 bridgehead atoms. The molecule has 168 valence electrons. The number of hydrogen-bond donors (Lipinski definition) is 1. The van der Waals surface area contributed by atoms with E-state index in [9.17, 15) is 18.0 Å². The quantitative estimate of drug-likeness (QED) is 0.658. The number of fused-ring (bicyclic) bond motifs is 3. The molecule has 1 amide bonds. The number of alkyl halides is 3. The molecule has 10 heteroatoms. The summed E-state index contributed by atoms with van der Waals surface area (Å²) < 4.78 is 46.2. The van der Waals surface area contributed by atoms with Crippen LogP contribution in [0.25, 0.3) is 10.9 Å². The van der Waals surface area contributed by atoms with Crippen molar-refractivity contribution in [2.45, 2.75) is 31.1 Å². The van der Waals surface area contributed by atoms with Crippen LogP contribution in [0.5, 0.6) is 5.75 Å². The molecular weight excluding hydrogens is 423 g/mol. The number of anilines is 1. The lowest BCUT2D eigenvalue weighted by atomic mass is 10.0. The van der Waals surface area contributed by atoms with E-state index in [0.717, 1.165) is 36.0 Å². The first-order valence-electron chi connectivity index (χ1n) is 10.4. The maximum atomic E-state index is 12.9. The van der Waals surface area contributed by atoms with Gasteiger partial charge in [-0.1, -0.05) is 6.07 Å². The van der Waals surface area contributed by atoms with E-state index in [-0.39, 0.29) is 5.69 Å². The van der Waals surface area contributed by atoms with Gasteiger partial charge in [0.1, 0.15) is 17.1 Å². The molecule has 7 nitrogen and oxygen atoms in total. The molecule has 5 rings (SSSR count). The molecule has 2 fully saturated rings. The Hall–Kier alpha value is -3.14. The highest BCUT2D eigenvalue weighted by Crippen LogP contribution is 2.44. The third-order valence-corrected chi connectivity index (χ3v) is 6.48. The van der Waals surface area contributed by atoms with Crippen LogP contribution >= 0.6 is 0 Å². The number of likely N-dealkylation sites (tertiary alicyclic amines) is 1. The number of piperidine rings is 1. The number of nitrogens with one attached hydrogen (secondary N) is 1. The Balaban J connectivity index is 1.42. The van der Waals surface area contributed by atoms with Crippen LogP contribution in [0, 0.1) is 5.92 Å². The average Bonchev–Trinajstić information content (AvgIpc) is 3.45. The number of ether oxygens (including phenoxy) is 1. The fourth-order valence-electron chi connectivity index (χ4n) is 4.89. The third-order valence-electron chi connectivity index (χ3n) is 6.48. The minimum Gasteiger partial charge on any atom is -0.494 e. The lowest BCUT2D eigenvalue weighted by molar-refractivity contribution is -0.141. The minimum absolute atomic E-state index is 0.330. The van der Waals surface area contributed by atoms with Crippen molar-refractivity contribution in [3.8, 4) is 5.75 Å². The molecule has 3 aromatic rings. The molecule has 3 atom stereocenters. The molecular formula is C22H22F3N5O2. The number of halogens is 3. The van der Waals surface area contributed by atoms with Crippen LogP contribution in [0.15, 0.2) is 36.5 Å². The Morgan fingerprint density at radius 1 is 1.25 bits per heavy atom. The summed E-state index contributed by atoms with van der Waals surface area (Å²) in [7, 11) is 3.61. The number of carbonyl (C=O) groups excluding carboxylic acids is 1. The first-order valence-corrected chi connectivity index (χ1v) is 10.4. The van der Waals surface area contributed by atoms with Gasteiger partial charge in [-0.2, -0.15) is 18.3 Å². The Morgan fingerprint density at radius 2 is 2.06 bits per heavy atom. The van der Waals surface area contributed by atoms with E-state index in [2.05, 4.69) is 22.2 Å². The van der Waals surface area contributed by atoms with Crippen LogP contribution in [-0.2, 0) is 6.18 Å². The number of amides is 1. The van der Waals surface area contributed by atoms with Crippen molar-refractivity contribution in [1.82, 2.24) is 19.7 Å². The molecule has 2 aromatic heterocycles. The van der Waals surface area contributed by atoms with Gasteiger partial charge in [0, 0.05) is 30.2 Å². The highest BCUT2D eigenvalue weighted by atomic mass is 19.4. The van der Waals surface area contributed by atoms with Crippen LogP contribution in [0.1, 0.15) is 35.1 Å². The molecule has 0 radical (unpaired) electrons. The predicted octanol–water partition coefficient (Wildman–Crippen LogP) is 3.98. The molecule has 1 saturated carbocycles. The number of pyridine rings is 1. The maximum absolute atomic E-state index is 12.9. The molecule has 1 N–H and O–H groups in total. The van der Waals surface area contributed by atoms with E-state index in [4.69, 9.17) is 9.84 Å². The van der Waals surface area contributed by atoms with Gasteiger partial charge in [-0.05, 0) is 44.0 Å². The standard InChI is InChI=1S/C22H22F3N5O2/c1-29-10-13-6-14(29)8-18(13)30-11-12-7-17(19(32-2)9-16(12)28-30)27-21(31)15-4-3-5-20(26-15)22(23,24)25/h3-5,7,9,11,13-14,18H,6,8,10H2,1-2H3,(H,27,31)/t13-,14-,18-/m0/s1. The van der Waals surface area contributed by atoms with Crippen molar-refractivity contribution >= 4 is 22.5 Å². The maximum Gasteiger partial charge on any atom is 0.433 e. The van der Waals surface area contributed by atoms with E-state index in [1.165, 1.54) is 19.6 Å². The van der Waals surface area contributed by atoms with Gasteiger partial charge in [0.2, 0.25) is 0 Å². The van der Waals surface area contributed by atoms with Crippen molar-refractivity contribution in [2.24, 2.45) is 5.92 Å². The minimum atomic E-state index is -4.63. The Kier molecular flexibility index (Phi) is 4.85. The van der Waals surface area contributed by atoms with Crippen LogP contribution in [0.3, 0.4) is 0 Å². The summed E-state index contributed by atoms with van der Waals surface area (Å²) in [6, 6.07) is 7.58. The van der Waals surface area contributed by atoms with E-state index in [1.54, 1.807) is 12.1 Å². The number of nitrogens with zero attached hydrogens (tertiary/aromatic N) is 4. The second-order valence-corrected chi connectivity index (χ2v) is 8.47. The fraction of sp³-hybridized carbons (Fsp3) is 0.409. The molecule has 1 saturated heterocycles. The van der Waals surface area contributed by atoms with Gasteiger partial charge in [-0.15, -0.1) is 0 Å². The van der Waals surface area contributed by atoms with Gasteiger partial charge in [-0.25, -0.2) is 4.98 Å². The van der Waals surface area contributed by atoms with Crippen molar-refractivity contribution in [3.63, 3.8) is 0 Å². The molecule has 1 aliphatic heterocycles. The van der Waals surface area contributed by atoms with Gasteiger partial charge in [0.15, 0.2) is 0 Å². The molecule has 32 heavy (non-hydrogen) atoms. The average molecular weight is 445 g/mol. The smallest absolute Gasteiger partial charge is 0.433 e. The van der Waals surface area contributed by atoms with Crippen LogP contribution in [-0.4, -0.2) is 52.3 Å². The summed E-state index contributed by atoms with van der Waals surface area (Å²) in [5.74, 6) is 0.181. The summed E-state index contributed by atoms with van der Waals surface area (Å²) in [5, 5.41) is 8.17. The zero-order valence-corrected chi connectivity index (χ0v) is 17.6. The largest absolute Gasteiger partial charge is 0.494 e. The number of aromatic nitrogens is 3. The molecule has 3 heterocycles. The fourth-order valence-corrected chi connectivity index (χ4v) is 4.89. The first-order chi connectivity index (χ1) is 15.2. The van der Waals surface area contributed by atoms with Gasteiger partial charge >= 0.3 is 6.18 Å². The van der Waals surface area contributed by atoms with E-state index in [0.29, 0.717) is 29.4 Å². The van der Waals surface area contributed by atoms with Crippen molar-refractivity contribution < 1.29 is 22.7 Å². The van der Waals surface area contributed by atoms with Crippen LogP contribution in [0.2, 0.25) is 0 Å². The predicted molar refractivity (Wildman–Crippen MR) is 112 cm³/mol. The van der Waals surface area contributed by atoms with E-state index >= 15 is 0 Å². The van der Waals surface area contributed by atoms with Gasteiger partial charge in [0.05, 0.1) is 24.4 Å². The number of hydrogen-bond acceptors (Lipinski definition) is 5.